The lowest BCUT2D eigenvalue weighted by Gasteiger charge is -2.37. The van der Waals surface area contributed by atoms with Crippen LogP contribution in [0, 0.1) is 11.8 Å². The molecule has 2 nitrogen and oxygen atoms in total. The van der Waals surface area contributed by atoms with Crippen molar-refractivity contribution in [2.75, 3.05) is 4.90 Å². The lowest BCUT2D eigenvalue weighted by Crippen LogP contribution is -2.35. The standard InChI is InChI=1S/C54H40N2/c1-2-14-36(15-3-1)43-19-8-10-23-50(43)56-51-24-11-9-21-45(51)46-29-27-42(34-52(46)56)55(40-26-25-35-13-4-5-16-37(35)32-40)41-28-30-48-49(33-41)47-22-12-18-39-31-38-17-6-7-20-44(38)54(48)53(39)47/h1-26,30-34,41,47,53H,27-29H2. The fraction of sp³-hybridized carbons (Fsp3) is 0.111. The summed E-state index contributed by atoms with van der Waals surface area (Å²) in [6.07, 6.45) is 20.2. The molecule has 3 unspecified atom stereocenters. The fourth-order valence-corrected chi connectivity index (χ4v) is 10.6. The number of aromatic nitrogens is 1. The van der Waals surface area contributed by atoms with Gasteiger partial charge in [0.05, 0.1) is 22.9 Å². The molecule has 0 spiro atoms. The highest BCUT2D eigenvalue weighted by Gasteiger charge is 2.44. The van der Waals surface area contributed by atoms with Crippen molar-refractivity contribution >= 4 is 45.1 Å². The quantitative estimate of drug-likeness (QED) is 0.172. The molecule has 0 bridgehead atoms. The third-order valence-electron chi connectivity index (χ3n) is 12.9. The lowest BCUT2D eigenvalue weighted by molar-refractivity contribution is 0.656. The van der Waals surface area contributed by atoms with Gasteiger partial charge in [-0.1, -0.05) is 158 Å². The Labute approximate surface area is 327 Å². The highest BCUT2D eigenvalue weighted by Crippen LogP contribution is 2.54. The summed E-state index contributed by atoms with van der Waals surface area (Å²) in [5.41, 5.74) is 16.2. The van der Waals surface area contributed by atoms with Gasteiger partial charge < -0.3 is 9.47 Å². The van der Waals surface area contributed by atoms with Crippen LogP contribution in [-0.2, 0) is 6.42 Å². The van der Waals surface area contributed by atoms with Crippen molar-refractivity contribution in [3.05, 3.63) is 220 Å². The molecular weight excluding hydrogens is 677 g/mol. The number of aryl methyl sites for hydroxylation is 1. The molecule has 0 saturated heterocycles. The maximum Gasteiger partial charge on any atom is 0.0560 e. The maximum absolute atomic E-state index is 2.69. The van der Waals surface area contributed by atoms with Gasteiger partial charge in [-0.25, -0.2) is 0 Å². The topological polar surface area (TPSA) is 8.17 Å². The Morgan fingerprint density at radius 2 is 1.48 bits per heavy atom. The first kappa shape index (κ1) is 31.7. The number of anilines is 1. The van der Waals surface area contributed by atoms with Crippen LogP contribution in [0.4, 0.5) is 5.69 Å². The molecular formula is C54H40N2. The summed E-state index contributed by atoms with van der Waals surface area (Å²) in [6.45, 7) is 0. The number of rotatable bonds is 5. The zero-order valence-corrected chi connectivity index (χ0v) is 31.1. The van der Waals surface area contributed by atoms with Gasteiger partial charge in [0.15, 0.2) is 0 Å². The van der Waals surface area contributed by atoms with Crippen LogP contribution in [0.15, 0.2) is 198 Å². The van der Waals surface area contributed by atoms with E-state index in [1.807, 2.05) is 0 Å². The number of hydrogen-bond donors (Lipinski definition) is 0. The molecule has 12 rings (SSSR count). The van der Waals surface area contributed by atoms with E-state index in [4.69, 9.17) is 0 Å². The van der Waals surface area contributed by atoms with E-state index in [1.54, 1.807) is 0 Å². The van der Waals surface area contributed by atoms with E-state index >= 15 is 0 Å². The van der Waals surface area contributed by atoms with Crippen LogP contribution in [0.25, 0.3) is 56.2 Å². The lowest BCUT2D eigenvalue weighted by atomic mass is 9.78. The summed E-state index contributed by atoms with van der Waals surface area (Å²) in [6, 6.07) is 53.8. The summed E-state index contributed by atoms with van der Waals surface area (Å²) in [7, 11) is 0. The van der Waals surface area contributed by atoms with Crippen LogP contribution in [0.2, 0.25) is 0 Å². The molecule has 0 amide bonds. The zero-order valence-electron chi connectivity index (χ0n) is 31.1. The second-order valence-corrected chi connectivity index (χ2v) is 15.9. The Balaban J connectivity index is 1.05. The van der Waals surface area contributed by atoms with Crippen LogP contribution in [-0.4, -0.2) is 10.6 Å². The molecule has 56 heavy (non-hydrogen) atoms. The van der Waals surface area contributed by atoms with Gasteiger partial charge in [0.2, 0.25) is 0 Å². The van der Waals surface area contributed by atoms with E-state index in [1.165, 1.54) is 93.9 Å². The SMILES string of the molecule is C1=CC2C3=CC(N(C4=Cc5c(c6ccccc6n5-c5ccccc5-c5ccccc5)CC4)c4ccc5ccccc5c4)CC=C3C3=c4ccccc4=CC(=C1)C32. The monoisotopic (exact) mass is 716 g/mol. The second-order valence-electron chi connectivity index (χ2n) is 15.9. The van der Waals surface area contributed by atoms with Crippen LogP contribution < -0.4 is 15.3 Å². The Morgan fingerprint density at radius 1 is 0.679 bits per heavy atom. The predicted octanol–water partition coefficient (Wildman–Crippen LogP) is 11.3. The van der Waals surface area contributed by atoms with Gasteiger partial charge in [0, 0.05) is 34.2 Å². The van der Waals surface area contributed by atoms with Crippen LogP contribution in [0.3, 0.4) is 0 Å². The average molecular weight is 717 g/mol. The van der Waals surface area contributed by atoms with Gasteiger partial charge in [0.25, 0.3) is 0 Å². The largest absolute Gasteiger partial charge is 0.338 e. The van der Waals surface area contributed by atoms with Crippen LogP contribution in [0.1, 0.15) is 24.1 Å². The van der Waals surface area contributed by atoms with E-state index in [0.29, 0.717) is 11.8 Å². The second kappa shape index (κ2) is 12.4. The summed E-state index contributed by atoms with van der Waals surface area (Å²) < 4.78 is 2.54. The maximum atomic E-state index is 2.69. The molecule has 0 N–H and O–H groups in total. The molecule has 2 heteroatoms. The Morgan fingerprint density at radius 3 is 2.43 bits per heavy atom. The molecule has 3 atom stereocenters. The van der Waals surface area contributed by atoms with Crippen molar-refractivity contribution in [1.29, 1.82) is 0 Å². The minimum absolute atomic E-state index is 0.180. The molecule has 0 radical (unpaired) electrons. The summed E-state index contributed by atoms with van der Waals surface area (Å²) in [4.78, 5) is 2.69. The first-order valence-electron chi connectivity index (χ1n) is 20.2. The molecule has 5 aliphatic carbocycles. The van der Waals surface area contributed by atoms with Gasteiger partial charge in [-0.05, 0) is 104 Å². The number of allylic oxidation sites excluding steroid dienone is 7. The normalized spacial score (nSPS) is 20.2. The van der Waals surface area contributed by atoms with Crippen molar-refractivity contribution < 1.29 is 0 Å². The van der Waals surface area contributed by atoms with Crippen molar-refractivity contribution in [2.45, 2.75) is 25.3 Å². The molecule has 1 fully saturated rings. The highest BCUT2D eigenvalue weighted by molar-refractivity contribution is 5.94. The number of benzene rings is 6. The van der Waals surface area contributed by atoms with Crippen molar-refractivity contribution in [2.24, 2.45) is 11.8 Å². The van der Waals surface area contributed by atoms with E-state index < -0.39 is 0 Å². The van der Waals surface area contributed by atoms with Gasteiger partial charge in [0.1, 0.15) is 0 Å². The van der Waals surface area contributed by atoms with Crippen molar-refractivity contribution in [3.63, 3.8) is 0 Å². The summed E-state index contributed by atoms with van der Waals surface area (Å²) >= 11 is 0. The minimum Gasteiger partial charge on any atom is -0.338 e. The molecule has 0 aliphatic heterocycles. The summed E-state index contributed by atoms with van der Waals surface area (Å²) in [5.74, 6) is 0.739. The molecule has 7 aromatic rings. The summed E-state index contributed by atoms with van der Waals surface area (Å²) in [5, 5.41) is 6.64. The van der Waals surface area contributed by atoms with E-state index in [0.717, 1.165) is 19.3 Å². The first-order valence-corrected chi connectivity index (χ1v) is 20.2. The number of para-hydroxylation sites is 2. The van der Waals surface area contributed by atoms with Crippen molar-refractivity contribution in [3.8, 4) is 16.8 Å². The van der Waals surface area contributed by atoms with E-state index in [-0.39, 0.29) is 6.04 Å². The van der Waals surface area contributed by atoms with Gasteiger partial charge in [-0.15, -0.1) is 0 Å². The fourth-order valence-electron chi connectivity index (χ4n) is 10.6. The Bertz CT molecular complexity index is 3070. The highest BCUT2D eigenvalue weighted by atomic mass is 15.2. The smallest absolute Gasteiger partial charge is 0.0560 e. The molecule has 1 aromatic heterocycles. The van der Waals surface area contributed by atoms with Gasteiger partial charge >= 0.3 is 0 Å². The van der Waals surface area contributed by atoms with Crippen molar-refractivity contribution in [1.82, 2.24) is 4.57 Å². The number of hydrogen-bond acceptors (Lipinski definition) is 1. The first-order chi connectivity index (χ1) is 27.8. The molecule has 1 heterocycles. The molecule has 5 aliphatic rings. The van der Waals surface area contributed by atoms with Gasteiger partial charge in [-0.3, -0.25) is 0 Å². The number of nitrogens with zero attached hydrogens (tertiary/aromatic N) is 2. The van der Waals surface area contributed by atoms with E-state index in [9.17, 15) is 0 Å². The third kappa shape index (κ3) is 4.75. The number of fused-ring (bicyclic) bond motifs is 8. The van der Waals surface area contributed by atoms with E-state index in [2.05, 4.69) is 198 Å². The molecule has 6 aromatic carbocycles. The third-order valence-corrected chi connectivity index (χ3v) is 12.9. The average Bonchev–Trinajstić information content (AvgIpc) is 3.77. The molecule has 1 saturated carbocycles. The van der Waals surface area contributed by atoms with Gasteiger partial charge in [-0.2, -0.15) is 0 Å². The Kier molecular flexibility index (Phi) is 7.04. The Hall–Kier alpha value is -6.64. The van der Waals surface area contributed by atoms with Crippen LogP contribution in [0.5, 0.6) is 0 Å². The molecule has 266 valence electrons. The predicted molar refractivity (Wildman–Crippen MR) is 234 cm³/mol. The van der Waals surface area contributed by atoms with Crippen LogP contribution >= 0.6 is 0 Å². The zero-order chi connectivity index (χ0) is 36.7. The minimum atomic E-state index is 0.180.